The zero-order valence-electron chi connectivity index (χ0n) is 14.2. The van der Waals surface area contributed by atoms with Crippen LogP contribution < -0.4 is 5.32 Å². The molecule has 2 rings (SSSR count). The Labute approximate surface area is 130 Å². The third-order valence-electron chi connectivity index (χ3n) is 4.81. The van der Waals surface area contributed by atoms with Crippen LogP contribution in [0.5, 0.6) is 0 Å². The summed E-state index contributed by atoms with van der Waals surface area (Å²) in [6, 6.07) is 9.80. The van der Waals surface area contributed by atoms with Crippen LogP contribution in [0.4, 0.5) is 0 Å². The number of hydrogen-bond donors (Lipinski definition) is 1. The quantitative estimate of drug-likeness (QED) is 0.858. The molecule has 1 aromatic carbocycles. The molecule has 1 aromatic rings. The Kier molecular flexibility index (Phi) is 6.25. The largest absolute Gasteiger partial charge is 0.314 e. The highest BCUT2D eigenvalue weighted by atomic mass is 15.1. The van der Waals surface area contributed by atoms with Gasteiger partial charge in [-0.25, -0.2) is 0 Å². The summed E-state index contributed by atoms with van der Waals surface area (Å²) >= 11 is 0. The lowest BCUT2D eigenvalue weighted by Crippen LogP contribution is -2.37. The highest BCUT2D eigenvalue weighted by Gasteiger charge is 2.22. The first kappa shape index (κ1) is 16.5. The van der Waals surface area contributed by atoms with Crippen LogP contribution in [-0.2, 0) is 13.0 Å². The standard InChI is InChI=1S/C19H32N2/c1-15(2)20-11-9-18-5-7-19(8-6-18)14-21-12-10-16(3)17(4)13-21/h5-8,15-17,20H,9-14H2,1-4H3. The van der Waals surface area contributed by atoms with E-state index in [0.29, 0.717) is 6.04 Å². The molecule has 0 amide bonds. The maximum absolute atomic E-state index is 3.47. The van der Waals surface area contributed by atoms with Gasteiger partial charge in [0.1, 0.15) is 0 Å². The van der Waals surface area contributed by atoms with Crippen molar-refractivity contribution in [1.29, 1.82) is 0 Å². The van der Waals surface area contributed by atoms with E-state index in [-0.39, 0.29) is 0 Å². The van der Waals surface area contributed by atoms with Gasteiger partial charge in [-0.1, -0.05) is 52.0 Å². The van der Waals surface area contributed by atoms with Crippen LogP contribution in [0.25, 0.3) is 0 Å². The Morgan fingerprint density at radius 2 is 1.76 bits per heavy atom. The SMILES string of the molecule is CC(C)NCCc1ccc(CN2CCC(C)C(C)C2)cc1. The third kappa shape index (κ3) is 5.44. The summed E-state index contributed by atoms with van der Waals surface area (Å²) in [4.78, 5) is 2.61. The van der Waals surface area contributed by atoms with Crippen molar-refractivity contribution in [2.45, 2.75) is 53.1 Å². The zero-order valence-corrected chi connectivity index (χ0v) is 14.2. The van der Waals surface area contributed by atoms with Gasteiger partial charge in [-0.05, 0) is 48.9 Å². The molecule has 1 aliphatic heterocycles. The van der Waals surface area contributed by atoms with Gasteiger partial charge in [0.25, 0.3) is 0 Å². The first-order valence-electron chi connectivity index (χ1n) is 8.58. The molecule has 0 bridgehead atoms. The fourth-order valence-corrected chi connectivity index (χ4v) is 3.07. The van der Waals surface area contributed by atoms with E-state index in [1.54, 1.807) is 0 Å². The van der Waals surface area contributed by atoms with Gasteiger partial charge in [-0.2, -0.15) is 0 Å². The van der Waals surface area contributed by atoms with Gasteiger partial charge in [0.2, 0.25) is 0 Å². The van der Waals surface area contributed by atoms with Crippen molar-refractivity contribution in [2.75, 3.05) is 19.6 Å². The normalized spacial score (nSPS) is 23.7. The van der Waals surface area contributed by atoms with Crippen molar-refractivity contribution in [3.8, 4) is 0 Å². The molecule has 0 aromatic heterocycles. The molecule has 1 N–H and O–H groups in total. The number of nitrogens with one attached hydrogen (secondary N) is 1. The summed E-state index contributed by atoms with van der Waals surface area (Å²) in [7, 11) is 0. The lowest BCUT2D eigenvalue weighted by molar-refractivity contribution is 0.132. The van der Waals surface area contributed by atoms with Crippen molar-refractivity contribution in [1.82, 2.24) is 10.2 Å². The van der Waals surface area contributed by atoms with E-state index < -0.39 is 0 Å². The van der Waals surface area contributed by atoms with E-state index in [1.165, 1.54) is 30.6 Å². The number of hydrogen-bond acceptors (Lipinski definition) is 2. The summed E-state index contributed by atoms with van der Waals surface area (Å²) in [5.41, 5.74) is 2.89. The summed E-state index contributed by atoms with van der Waals surface area (Å²) in [5, 5.41) is 3.47. The van der Waals surface area contributed by atoms with Crippen LogP contribution in [-0.4, -0.2) is 30.6 Å². The predicted octanol–water partition coefficient (Wildman–Crippen LogP) is 3.71. The summed E-state index contributed by atoms with van der Waals surface area (Å²) in [6.07, 6.45) is 2.47. The van der Waals surface area contributed by atoms with Crippen LogP contribution in [0.15, 0.2) is 24.3 Å². The fraction of sp³-hybridized carbons (Fsp3) is 0.684. The van der Waals surface area contributed by atoms with Crippen LogP contribution >= 0.6 is 0 Å². The molecule has 118 valence electrons. The van der Waals surface area contributed by atoms with E-state index in [4.69, 9.17) is 0 Å². The molecule has 0 aliphatic carbocycles. The highest BCUT2D eigenvalue weighted by molar-refractivity contribution is 5.22. The molecule has 1 saturated heterocycles. The predicted molar refractivity (Wildman–Crippen MR) is 91.5 cm³/mol. The van der Waals surface area contributed by atoms with Crippen molar-refractivity contribution in [2.24, 2.45) is 11.8 Å². The minimum absolute atomic E-state index is 0.577. The molecule has 2 nitrogen and oxygen atoms in total. The number of likely N-dealkylation sites (tertiary alicyclic amines) is 1. The molecule has 0 radical (unpaired) electrons. The molecule has 1 heterocycles. The van der Waals surface area contributed by atoms with Crippen LogP contribution in [0.3, 0.4) is 0 Å². The minimum Gasteiger partial charge on any atom is -0.314 e. The minimum atomic E-state index is 0.577. The maximum atomic E-state index is 3.47. The molecule has 1 fully saturated rings. The summed E-state index contributed by atoms with van der Waals surface area (Å²) in [5.74, 6) is 1.72. The molecule has 2 unspecified atom stereocenters. The zero-order chi connectivity index (χ0) is 15.2. The monoisotopic (exact) mass is 288 g/mol. The maximum Gasteiger partial charge on any atom is 0.0233 e. The first-order chi connectivity index (χ1) is 10.0. The topological polar surface area (TPSA) is 15.3 Å². The van der Waals surface area contributed by atoms with Gasteiger partial charge in [-0.15, -0.1) is 0 Å². The lowest BCUT2D eigenvalue weighted by atomic mass is 9.88. The molecule has 0 spiro atoms. The summed E-state index contributed by atoms with van der Waals surface area (Å²) < 4.78 is 0. The fourth-order valence-electron chi connectivity index (χ4n) is 3.07. The van der Waals surface area contributed by atoms with Crippen molar-refractivity contribution >= 4 is 0 Å². The molecule has 0 saturated carbocycles. The Balaban J connectivity index is 1.79. The second-order valence-electron chi connectivity index (χ2n) is 7.15. The number of piperidine rings is 1. The average Bonchev–Trinajstić information content (AvgIpc) is 2.44. The molecule has 2 heteroatoms. The van der Waals surface area contributed by atoms with Crippen LogP contribution in [0.1, 0.15) is 45.2 Å². The van der Waals surface area contributed by atoms with Gasteiger partial charge >= 0.3 is 0 Å². The van der Waals surface area contributed by atoms with Crippen molar-refractivity contribution in [3.63, 3.8) is 0 Å². The Morgan fingerprint density at radius 3 is 2.38 bits per heavy atom. The van der Waals surface area contributed by atoms with E-state index in [1.807, 2.05) is 0 Å². The molecular formula is C19H32N2. The molecule has 1 aliphatic rings. The van der Waals surface area contributed by atoms with Gasteiger partial charge in [-0.3, -0.25) is 4.90 Å². The van der Waals surface area contributed by atoms with Gasteiger partial charge < -0.3 is 5.32 Å². The molecule has 2 atom stereocenters. The van der Waals surface area contributed by atoms with Crippen molar-refractivity contribution in [3.05, 3.63) is 35.4 Å². The van der Waals surface area contributed by atoms with Gasteiger partial charge in [0.05, 0.1) is 0 Å². The van der Waals surface area contributed by atoms with E-state index >= 15 is 0 Å². The van der Waals surface area contributed by atoms with Crippen LogP contribution in [0.2, 0.25) is 0 Å². The van der Waals surface area contributed by atoms with E-state index in [9.17, 15) is 0 Å². The smallest absolute Gasteiger partial charge is 0.0233 e. The number of rotatable bonds is 6. The third-order valence-corrected chi connectivity index (χ3v) is 4.81. The van der Waals surface area contributed by atoms with Gasteiger partial charge in [0.15, 0.2) is 0 Å². The van der Waals surface area contributed by atoms with Crippen molar-refractivity contribution < 1.29 is 0 Å². The second-order valence-corrected chi connectivity index (χ2v) is 7.15. The first-order valence-corrected chi connectivity index (χ1v) is 8.58. The number of benzene rings is 1. The molecular weight excluding hydrogens is 256 g/mol. The highest BCUT2D eigenvalue weighted by Crippen LogP contribution is 2.23. The Hall–Kier alpha value is -0.860. The Bertz CT molecular complexity index is 410. The summed E-state index contributed by atoms with van der Waals surface area (Å²) in [6.45, 7) is 13.9. The van der Waals surface area contributed by atoms with Crippen LogP contribution in [0, 0.1) is 11.8 Å². The Morgan fingerprint density at radius 1 is 1.10 bits per heavy atom. The molecule has 21 heavy (non-hydrogen) atoms. The van der Waals surface area contributed by atoms with Gasteiger partial charge in [0, 0.05) is 19.1 Å². The lowest BCUT2D eigenvalue weighted by Gasteiger charge is -2.35. The average molecular weight is 288 g/mol. The number of nitrogens with zero attached hydrogens (tertiary/aromatic N) is 1. The van der Waals surface area contributed by atoms with E-state index in [0.717, 1.165) is 31.3 Å². The second kappa shape index (κ2) is 7.95. The van der Waals surface area contributed by atoms with E-state index in [2.05, 4.69) is 62.2 Å².